The van der Waals surface area contributed by atoms with Crippen molar-refractivity contribution >= 4 is 11.8 Å². The fraction of sp³-hybridized carbons (Fsp3) is 0.267. The van der Waals surface area contributed by atoms with Crippen molar-refractivity contribution in [2.45, 2.75) is 26.4 Å². The second kappa shape index (κ2) is 6.30. The molecule has 1 amide bonds. The molecule has 116 valence electrons. The van der Waals surface area contributed by atoms with Gasteiger partial charge in [0, 0.05) is 24.0 Å². The molecule has 0 aliphatic heterocycles. The molecule has 0 saturated heterocycles. The van der Waals surface area contributed by atoms with E-state index in [0.717, 1.165) is 0 Å². The van der Waals surface area contributed by atoms with Gasteiger partial charge in [-0.05, 0) is 32.9 Å². The Labute approximate surface area is 127 Å². The molecule has 2 aromatic rings. The van der Waals surface area contributed by atoms with Crippen LogP contribution in [0.15, 0.2) is 41.3 Å². The minimum Gasteiger partial charge on any atom is -0.444 e. The van der Waals surface area contributed by atoms with Crippen LogP contribution in [0, 0.1) is 0 Å². The molecule has 0 unspecified atom stereocenters. The van der Waals surface area contributed by atoms with Crippen LogP contribution in [-0.2, 0) is 4.74 Å². The number of carbonyl (C=O) groups excluding carboxylic acids is 1. The van der Waals surface area contributed by atoms with Crippen molar-refractivity contribution in [1.82, 2.24) is 9.97 Å². The van der Waals surface area contributed by atoms with Crippen molar-refractivity contribution in [2.75, 3.05) is 5.32 Å². The molecule has 0 saturated carbocycles. The van der Waals surface area contributed by atoms with Gasteiger partial charge in [0.2, 0.25) is 5.88 Å². The van der Waals surface area contributed by atoms with Gasteiger partial charge in [-0.1, -0.05) is 6.07 Å². The minimum absolute atomic E-state index is 0.259. The standard InChI is InChI=1S/C15H17N3O4/c1-15(2,3)22-14(20)17-10-5-4-6-11(9-10)21-12-7-8-16-13(19)18-12/h4-9H,1-3H3,(H,17,20)(H,16,18,19). The molecule has 0 fully saturated rings. The summed E-state index contributed by atoms with van der Waals surface area (Å²) in [5, 5.41) is 2.61. The molecule has 1 heterocycles. The molecule has 2 N–H and O–H groups in total. The second-order valence-corrected chi connectivity index (χ2v) is 5.50. The SMILES string of the molecule is CC(C)(C)OC(=O)Nc1cccc(Oc2ccnc(=O)[nH]2)c1. The lowest BCUT2D eigenvalue weighted by Gasteiger charge is -2.19. The quantitative estimate of drug-likeness (QED) is 0.909. The Bertz CT molecular complexity index is 719. The number of hydrogen-bond donors (Lipinski definition) is 2. The molecular weight excluding hydrogens is 286 g/mol. The van der Waals surface area contributed by atoms with Gasteiger partial charge in [0.25, 0.3) is 0 Å². The molecule has 2 rings (SSSR count). The maximum Gasteiger partial charge on any atom is 0.412 e. The highest BCUT2D eigenvalue weighted by Crippen LogP contribution is 2.22. The van der Waals surface area contributed by atoms with Crippen molar-refractivity contribution in [3.8, 4) is 11.6 Å². The largest absolute Gasteiger partial charge is 0.444 e. The van der Waals surface area contributed by atoms with Crippen LogP contribution in [-0.4, -0.2) is 21.7 Å². The van der Waals surface area contributed by atoms with E-state index in [1.54, 1.807) is 45.0 Å². The molecule has 0 aliphatic rings. The Kier molecular flexibility index (Phi) is 4.45. The van der Waals surface area contributed by atoms with Gasteiger partial charge < -0.3 is 9.47 Å². The fourth-order valence-corrected chi connectivity index (χ4v) is 1.60. The summed E-state index contributed by atoms with van der Waals surface area (Å²) in [6, 6.07) is 8.24. The number of nitrogens with one attached hydrogen (secondary N) is 2. The number of H-pyrrole nitrogens is 1. The molecule has 22 heavy (non-hydrogen) atoms. The van der Waals surface area contributed by atoms with Gasteiger partial charge >= 0.3 is 11.8 Å². The maximum absolute atomic E-state index is 11.7. The number of ether oxygens (including phenoxy) is 2. The fourth-order valence-electron chi connectivity index (χ4n) is 1.60. The highest BCUT2D eigenvalue weighted by Gasteiger charge is 2.16. The Morgan fingerprint density at radius 2 is 2.05 bits per heavy atom. The van der Waals surface area contributed by atoms with Crippen LogP contribution in [0.2, 0.25) is 0 Å². The van der Waals surface area contributed by atoms with Crippen LogP contribution >= 0.6 is 0 Å². The summed E-state index contributed by atoms with van der Waals surface area (Å²) in [6.45, 7) is 5.35. The van der Waals surface area contributed by atoms with E-state index in [2.05, 4.69) is 15.3 Å². The number of nitrogens with zero attached hydrogens (tertiary/aromatic N) is 1. The third-order valence-corrected chi connectivity index (χ3v) is 2.35. The van der Waals surface area contributed by atoms with E-state index in [9.17, 15) is 9.59 Å². The molecule has 7 nitrogen and oxygen atoms in total. The Balaban J connectivity index is 2.07. The van der Waals surface area contributed by atoms with Gasteiger partial charge in [-0.3, -0.25) is 10.3 Å². The lowest BCUT2D eigenvalue weighted by Crippen LogP contribution is -2.27. The maximum atomic E-state index is 11.7. The van der Waals surface area contributed by atoms with Gasteiger partial charge in [0.05, 0.1) is 0 Å². The van der Waals surface area contributed by atoms with Crippen LogP contribution in [0.4, 0.5) is 10.5 Å². The summed E-state index contributed by atoms with van der Waals surface area (Å²) in [5.41, 5.74) is -0.557. The normalized spacial score (nSPS) is 10.9. The number of hydrogen-bond acceptors (Lipinski definition) is 5. The van der Waals surface area contributed by atoms with E-state index in [1.165, 1.54) is 12.3 Å². The number of rotatable bonds is 3. The lowest BCUT2D eigenvalue weighted by molar-refractivity contribution is 0.0636. The van der Waals surface area contributed by atoms with E-state index in [1.807, 2.05) is 0 Å². The number of amides is 1. The van der Waals surface area contributed by atoms with Gasteiger partial charge in [-0.2, -0.15) is 0 Å². The van der Waals surface area contributed by atoms with Crippen LogP contribution in [0.5, 0.6) is 11.6 Å². The number of benzene rings is 1. The zero-order chi connectivity index (χ0) is 16.2. The summed E-state index contributed by atoms with van der Waals surface area (Å²) in [7, 11) is 0. The number of aromatic nitrogens is 2. The van der Waals surface area contributed by atoms with E-state index in [-0.39, 0.29) is 5.88 Å². The molecule has 0 spiro atoms. The zero-order valence-corrected chi connectivity index (χ0v) is 12.5. The minimum atomic E-state index is -0.575. The summed E-state index contributed by atoms with van der Waals surface area (Å²) in [5.74, 6) is 0.713. The van der Waals surface area contributed by atoms with Crippen molar-refractivity contribution in [2.24, 2.45) is 0 Å². The number of aromatic amines is 1. The first kappa shape index (κ1) is 15.6. The Morgan fingerprint density at radius 1 is 1.27 bits per heavy atom. The molecule has 1 aromatic carbocycles. The third-order valence-electron chi connectivity index (χ3n) is 2.35. The zero-order valence-electron chi connectivity index (χ0n) is 12.5. The predicted octanol–water partition coefficient (Wildman–Crippen LogP) is 2.91. The molecule has 1 aromatic heterocycles. The van der Waals surface area contributed by atoms with E-state index < -0.39 is 17.4 Å². The second-order valence-electron chi connectivity index (χ2n) is 5.50. The summed E-state index contributed by atoms with van der Waals surface area (Å²) in [4.78, 5) is 28.8. The number of anilines is 1. The monoisotopic (exact) mass is 303 g/mol. The van der Waals surface area contributed by atoms with Crippen LogP contribution < -0.4 is 15.7 Å². The highest BCUT2D eigenvalue weighted by atomic mass is 16.6. The predicted molar refractivity (Wildman–Crippen MR) is 81.2 cm³/mol. The topological polar surface area (TPSA) is 93.3 Å². The van der Waals surface area contributed by atoms with Gasteiger partial charge in [-0.25, -0.2) is 14.6 Å². The first-order valence-corrected chi connectivity index (χ1v) is 6.65. The third kappa shape index (κ3) is 4.93. The average molecular weight is 303 g/mol. The first-order chi connectivity index (χ1) is 10.3. The van der Waals surface area contributed by atoms with E-state index >= 15 is 0 Å². The molecule has 7 heteroatoms. The molecule has 0 atom stereocenters. The van der Waals surface area contributed by atoms with Crippen LogP contribution in [0.3, 0.4) is 0 Å². The van der Waals surface area contributed by atoms with Crippen LogP contribution in [0.1, 0.15) is 20.8 Å². The lowest BCUT2D eigenvalue weighted by atomic mass is 10.2. The summed E-state index contributed by atoms with van der Waals surface area (Å²) < 4.78 is 10.7. The Morgan fingerprint density at radius 3 is 2.73 bits per heavy atom. The van der Waals surface area contributed by atoms with Gasteiger partial charge in [0.15, 0.2) is 0 Å². The van der Waals surface area contributed by atoms with Crippen LogP contribution in [0.25, 0.3) is 0 Å². The number of carbonyl (C=O) groups is 1. The van der Waals surface area contributed by atoms with Crippen molar-refractivity contribution in [3.63, 3.8) is 0 Å². The molecule has 0 radical (unpaired) electrons. The van der Waals surface area contributed by atoms with E-state index in [4.69, 9.17) is 9.47 Å². The Hall–Kier alpha value is -2.83. The van der Waals surface area contributed by atoms with E-state index in [0.29, 0.717) is 11.4 Å². The van der Waals surface area contributed by atoms with Gasteiger partial charge in [0.1, 0.15) is 11.4 Å². The summed E-state index contributed by atoms with van der Waals surface area (Å²) in [6.07, 6.45) is 0.790. The highest BCUT2D eigenvalue weighted by molar-refractivity contribution is 5.85. The average Bonchev–Trinajstić information content (AvgIpc) is 2.36. The molecule has 0 bridgehead atoms. The summed E-state index contributed by atoms with van der Waals surface area (Å²) >= 11 is 0. The molecular formula is C15H17N3O4. The molecule has 0 aliphatic carbocycles. The van der Waals surface area contributed by atoms with Crippen molar-refractivity contribution < 1.29 is 14.3 Å². The van der Waals surface area contributed by atoms with Crippen molar-refractivity contribution in [1.29, 1.82) is 0 Å². The van der Waals surface area contributed by atoms with Crippen molar-refractivity contribution in [3.05, 3.63) is 47.0 Å². The first-order valence-electron chi connectivity index (χ1n) is 6.65. The smallest absolute Gasteiger partial charge is 0.412 e. The van der Waals surface area contributed by atoms with Gasteiger partial charge in [-0.15, -0.1) is 0 Å².